The molecule has 0 saturated heterocycles. The van der Waals surface area contributed by atoms with E-state index < -0.39 is 15.1 Å². The summed E-state index contributed by atoms with van der Waals surface area (Å²) in [5.41, 5.74) is 1.95. The molecule has 0 radical (unpaired) electrons. The van der Waals surface area contributed by atoms with E-state index in [2.05, 4.69) is 29.8 Å². The van der Waals surface area contributed by atoms with Gasteiger partial charge in [-0.1, -0.05) is 28.1 Å². The lowest BCUT2D eigenvalue weighted by Crippen LogP contribution is -2.24. The first kappa shape index (κ1) is 14.9. The minimum atomic E-state index is -3.07. The van der Waals surface area contributed by atoms with Gasteiger partial charge < -0.3 is 4.74 Å². The van der Waals surface area contributed by atoms with Crippen LogP contribution in [0.5, 0.6) is 5.75 Å². The van der Waals surface area contributed by atoms with Gasteiger partial charge in [-0.05, 0) is 38.0 Å². The number of halogens is 1. The van der Waals surface area contributed by atoms with E-state index in [0.29, 0.717) is 0 Å². The molecule has 5 heteroatoms. The molecule has 2 rings (SSSR count). The summed E-state index contributed by atoms with van der Waals surface area (Å²) >= 11 is 3.50. The van der Waals surface area contributed by atoms with Crippen molar-refractivity contribution in [3.05, 3.63) is 29.3 Å². The Kier molecular flexibility index (Phi) is 3.73. The zero-order valence-electron chi connectivity index (χ0n) is 11.6. The van der Waals surface area contributed by atoms with E-state index in [4.69, 9.17) is 4.74 Å². The van der Waals surface area contributed by atoms with E-state index in [1.807, 2.05) is 18.2 Å². The minimum Gasteiger partial charge on any atom is -0.487 e. The summed E-state index contributed by atoms with van der Waals surface area (Å²) in [6.07, 6.45) is 2.12. The number of sulfone groups is 1. The molecule has 0 bridgehead atoms. The van der Waals surface area contributed by atoms with Crippen LogP contribution in [0.1, 0.15) is 36.7 Å². The summed E-state index contributed by atoms with van der Waals surface area (Å²) in [5.74, 6) is 0.903. The second-order valence-corrected chi connectivity index (χ2v) is 9.23. The zero-order chi connectivity index (χ0) is 14.4. The Bertz CT molecular complexity index is 593. The van der Waals surface area contributed by atoms with Crippen LogP contribution in [-0.4, -0.2) is 25.5 Å². The molecule has 106 valence electrons. The van der Waals surface area contributed by atoms with E-state index in [1.54, 1.807) is 6.92 Å². The average Bonchev–Trinajstić information content (AvgIpc) is 2.58. The van der Waals surface area contributed by atoms with Crippen LogP contribution in [0.4, 0.5) is 0 Å². The maximum absolute atomic E-state index is 11.6. The van der Waals surface area contributed by atoms with Crippen molar-refractivity contribution in [3.8, 4) is 5.75 Å². The highest BCUT2D eigenvalue weighted by molar-refractivity contribution is 9.09. The van der Waals surface area contributed by atoms with Crippen molar-refractivity contribution in [2.24, 2.45) is 0 Å². The molecule has 1 aliphatic rings. The lowest BCUT2D eigenvalue weighted by Gasteiger charge is -2.17. The van der Waals surface area contributed by atoms with Crippen LogP contribution in [0.25, 0.3) is 0 Å². The Morgan fingerprint density at radius 1 is 1.37 bits per heavy atom. The molecule has 2 atom stereocenters. The highest BCUT2D eigenvalue weighted by Crippen LogP contribution is 2.39. The van der Waals surface area contributed by atoms with Gasteiger partial charge in [-0.15, -0.1) is 0 Å². The average molecular weight is 347 g/mol. The molecule has 0 aliphatic carbocycles. The standard InChI is InChI=1S/C14H19BrO3S/c1-9(19(4,16)17)13(15)10-5-6-12-11(7-10)8-14(2,3)18-12/h5-7,9,13H,8H2,1-4H3. The molecular weight excluding hydrogens is 328 g/mol. The predicted molar refractivity (Wildman–Crippen MR) is 80.8 cm³/mol. The van der Waals surface area contributed by atoms with Gasteiger partial charge in [0.25, 0.3) is 0 Å². The molecule has 0 amide bonds. The fourth-order valence-corrected chi connectivity index (χ4v) is 4.34. The van der Waals surface area contributed by atoms with Crippen LogP contribution in [0.3, 0.4) is 0 Å². The normalized spacial score (nSPS) is 20.5. The number of rotatable bonds is 3. The van der Waals surface area contributed by atoms with E-state index in [0.717, 1.165) is 23.3 Å². The van der Waals surface area contributed by atoms with E-state index in [9.17, 15) is 8.42 Å². The maximum atomic E-state index is 11.6. The largest absolute Gasteiger partial charge is 0.487 e. The first-order valence-electron chi connectivity index (χ1n) is 6.25. The first-order chi connectivity index (χ1) is 8.60. The van der Waals surface area contributed by atoms with Gasteiger partial charge in [0.2, 0.25) is 0 Å². The van der Waals surface area contributed by atoms with Crippen molar-refractivity contribution in [2.45, 2.75) is 42.9 Å². The molecular formula is C14H19BrO3S. The van der Waals surface area contributed by atoms with Gasteiger partial charge in [0, 0.05) is 12.7 Å². The topological polar surface area (TPSA) is 43.4 Å². The van der Waals surface area contributed by atoms with Gasteiger partial charge >= 0.3 is 0 Å². The summed E-state index contributed by atoms with van der Waals surface area (Å²) in [6, 6.07) is 5.91. The summed E-state index contributed by atoms with van der Waals surface area (Å²) in [4.78, 5) is -0.198. The maximum Gasteiger partial charge on any atom is 0.151 e. The SMILES string of the molecule is CC(C(Br)c1ccc2c(c1)CC(C)(C)O2)S(C)(=O)=O. The molecule has 1 heterocycles. The van der Waals surface area contributed by atoms with Crippen molar-refractivity contribution < 1.29 is 13.2 Å². The summed E-state index contributed by atoms with van der Waals surface area (Å²) in [7, 11) is -3.07. The predicted octanol–water partition coefficient (Wildman–Crippen LogP) is 3.27. The quantitative estimate of drug-likeness (QED) is 0.789. The highest BCUT2D eigenvalue weighted by Gasteiger charge is 2.31. The molecule has 3 nitrogen and oxygen atoms in total. The van der Waals surface area contributed by atoms with Gasteiger partial charge in [-0.25, -0.2) is 8.42 Å². The van der Waals surface area contributed by atoms with Crippen molar-refractivity contribution in [1.29, 1.82) is 0 Å². The third-order valence-corrected chi connectivity index (χ3v) is 6.79. The number of hydrogen-bond acceptors (Lipinski definition) is 3. The van der Waals surface area contributed by atoms with Crippen molar-refractivity contribution in [3.63, 3.8) is 0 Å². The molecule has 2 unspecified atom stereocenters. The van der Waals surface area contributed by atoms with Gasteiger partial charge in [0.05, 0.1) is 10.1 Å². The molecule has 19 heavy (non-hydrogen) atoms. The Morgan fingerprint density at radius 2 is 2.00 bits per heavy atom. The van der Waals surface area contributed by atoms with Gasteiger partial charge in [0.15, 0.2) is 9.84 Å². The molecule has 1 aliphatic heterocycles. The van der Waals surface area contributed by atoms with Crippen molar-refractivity contribution in [1.82, 2.24) is 0 Å². The van der Waals surface area contributed by atoms with Gasteiger partial charge in [0.1, 0.15) is 11.4 Å². The van der Waals surface area contributed by atoms with Crippen LogP contribution < -0.4 is 4.74 Å². The molecule has 0 aromatic heterocycles. The third kappa shape index (κ3) is 3.14. The fraction of sp³-hybridized carbons (Fsp3) is 0.571. The molecule has 0 spiro atoms. The van der Waals surface area contributed by atoms with Crippen LogP contribution in [0.2, 0.25) is 0 Å². The summed E-state index contributed by atoms with van der Waals surface area (Å²) in [5, 5.41) is -0.458. The van der Waals surface area contributed by atoms with E-state index >= 15 is 0 Å². The Labute approximate surface area is 123 Å². The number of benzene rings is 1. The number of alkyl halides is 1. The van der Waals surface area contributed by atoms with Crippen LogP contribution in [0.15, 0.2) is 18.2 Å². The lowest BCUT2D eigenvalue weighted by molar-refractivity contribution is 0.138. The number of ether oxygens (including phenoxy) is 1. The smallest absolute Gasteiger partial charge is 0.151 e. The summed E-state index contributed by atoms with van der Waals surface area (Å²) < 4.78 is 29.1. The van der Waals surface area contributed by atoms with Crippen LogP contribution in [0, 0.1) is 0 Å². The summed E-state index contributed by atoms with van der Waals surface area (Å²) in [6.45, 7) is 5.83. The molecule has 0 N–H and O–H groups in total. The number of hydrogen-bond donors (Lipinski definition) is 0. The minimum absolute atomic E-state index is 0.175. The first-order valence-corrected chi connectivity index (χ1v) is 9.12. The number of fused-ring (bicyclic) bond motifs is 1. The van der Waals surface area contributed by atoms with Gasteiger partial charge in [-0.3, -0.25) is 0 Å². The Hall–Kier alpha value is -0.550. The fourth-order valence-electron chi connectivity index (χ4n) is 2.29. The zero-order valence-corrected chi connectivity index (χ0v) is 14.0. The lowest BCUT2D eigenvalue weighted by atomic mass is 9.99. The van der Waals surface area contributed by atoms with Crippen molar-refractivity contribution >= 4 is 25.8 Å². The highest BCUT2D eigenvalue weighted by atomic mass is 79.9. The van der Waals surface area contributed by atoms with Gasteiger partial charge in [-0.2, -0.15) is 0 Å². The Morgan fingerprint density at radius 3 is 2.58 bits per heavy atom. The second kappa shape index (κ2) is 4.77. The molecule has 0 saturated carbocycles. The van der Waals surface area contributed by atoms with Crippen molar-refractivity contribution in [2.75, 3.05) is 6.26 Å². The molecule has 0 fully saturated rings. The Balaban J connectivity index is 2.30. The van der Waals surface area contributed by atoms with E-state index in [1.165, 1.54) is 6.26 Å². The van der Waals surface area contributed by atoms with E-state index in [-0.39, 0.29) is 10.4 Å². The monoisotopic (exact) mass is 346 g/mol. The van der Waals surface area contributed by atoms with Crippen LogP contribution in [-0.2, 0) is 16.3 Å². The third-order valence-electron chi connectivity index (χ3n) is 3.49. The van der Waals surface area contributed by atoms with Crippen LogP contribution >= 0.6 is 15.9 Å². The molecule has 1 aromatic rings. The molecule has 1 aromatic carbocycles. The second-order valence-electron chi connectivity index (χ2n) is 5.84.